The number of para-hydroxylation sites is 2. The highest BCUT2D eigenvalue weighted by Crippen LogP contribution is 2.30. The molecule has 0 unspecified atom stereocenters. The third-order valence-corrected chi connectivity index (χ3v) is 3.76. The van der Waals surface area contributed by atoms with E-state index in [4.69, 9.17) is 9.47 Å². The van der Waals surface area contributed by atoms with Crippen molar-refractivity contribution in [1.29, 1.82) is 0 Å². The maximum absolute atomic E-state index is 12.2. The number of rotatable bonds is 4. The standard InChI is InChI=1S/C18H19NO3/c1-13-6-2-3-7-14(13)10-11-19-18(20)17-12-21-15-8-4-5-9-16(15)22-17/h2-9,17H,10-12H2,1H3,(H,19,20)/t17-/m0/s1. The molecule has 3 rings (SSSR count). The summed E-state index contributed by atoms with van der Waals surface area (Å²) >= 11 is 0. The Hall–Kier alpha value is -2.49. The third-order valence-electron chi connectivity index (χ3n) is 3.76. The van der Waals surface area contributed by atoms with Gasteiger partial charge in [0, 0.05) is 6.54 Å². The number of hydrogen-bond donors (Lipinski definition) is 1. The van der Waals surface area contributed by atoms with E-state index >= 15 is 0 Å². The first-order valence-electron chi connectivity index (χ1n) is 7.45. The average molecular weight is 297 g/mol. The molecule has 1 heterocycles. The Labute approximate surface area is 130 Å². The molecule has 0 radical (unpaired) electrons. The molecule has 1 N–H and O–H groups in total. The number of carbonyl (C=O) groups is 1. The number of ether oxygens (including phenoxy) is 2. The summed E-state index contributed by atoms with van der Waals surface area (Å²) < 4.78 is 11.2. The summed E-state index contributed by atoms with van der Waals surface area (Å²) in [5.41, 5.74) is 2.48. The van der Waals surface area contributed by atoms with E-state index in [1.165, 1.54) is 11.1 Å². The zero-order valence-corrected chi connectivity index (χ0v) is 12.5. The number of aryl methyl sites for hydroxylation is 1. The van der Waals surface area contributed by atoms with E-state index < -0.39 is 6.10 Å². The van der Waals surface area contributed by atoms with Crippen LogP contribution >= 0.6 is 0 Å². The second-order valence-electron chi connectivity index (χ2n) is 5.33. The van der Waals surface area contributed by atoms with Crippen molar-refractivity contribution >= 4 is 5.91 Å². The molecule has 114 valence electrons. The topological polar surface area (TPSA) is 47.6 Å². The van der Waals surface area contributed by atoms with Gasteiger partial charge in [0.1, 0.15) is 6.61 Å². The Morgan fingerprint density at radius 1 is 1.14 bits per heavy atom. The Morgan fingerprint density at radius 2 is 1.86 bits per heavy atom. The minimum absolute atomic E-state index is 0.136. The molecule has 4 nitrogen and oxygen atoms in total. The van der Waals surface area contributed by atoms with E-state index in [0.29, 0.717) is 18.0 Å². The molecule has 1 amide bonds. The van der Waals surface area contributed by atoms with E-state index in [1.54, 1.807) is 0 Å². The van der Waals surface area contributed by atoms with Crippen LogP contribution in [0.5, 0.6) is 11.5 Å². The van der Waals surface area contributed by atoms with Crippen LogP contribution in [0.1, 0.15) is 11.1 Å². The highest BCUT2D eigenvalue weighted by Gasteiger charge is 2.26. The van der Waals surface area contributed by atoms with Gasteiger partial charge in [0.05, 0.1) is 0 Å². The highest BCUT2D eigenvalue weighted by molar-refractivity contribution is 5.81. The van der Waals surface area contributed by atoms with Crippen LogP contribution in [-0.4, -0.2) is 25.2 Å². The van der Waals surface area contributed by atoms with Gasteiger partial charge in [0.25, 0.3) is 5.91 Å². The first kappa shape index (κ1) is 14.4. The number of hydrogen-bond acceptors (Lipinski definition) is 3. The molecule has 4 heteroatoms. The molecular formula is C18H19NO3. The van der Waals surface area contributed by atoms with Gasteiger partial charge in [0.2, 0.25) is 6.10 Å². The molecule has 0 fully saturated rings. The molecule has 0 saturated carbocycles. The van der Waals surface area contributed by atoms with Crippen molar-refractivity contribution in [2.75, 3.05) is 13.2 Å². The van der Waals surface area contributed by atoms with Crippen LogP contribution in [-0.2, 0) is 11.2 Å². The molecule has 0 spiro atoms. The Kier molecular flexibility index (Phi) is 4.28. The van der Waals surface area contributed by atoms with Gasteiger partial charge in [-0.1, -0.05) is 36.4 Å². The molecule has 22 heavy (non-hydrogen) atoms. The molecule has 2 aromatic rings. The Morgan fingerprint density at radius 3 is 2.68 bits per heavy atom. The summed E-state index contributed by atoms with van der Waals surface area (Å²) in [6.07, 6.45) is 0.217. The van der Waals surface area contributed by atoms with Crippen molar-refractivity contribution in [1.82, 2.24) is 5.32 Å². The Balaban J connectivity index is 1.52. The van der Waals surface area contributed by atoms with Crippen LogP contribution in [0.4, 0.5) is 0 Å². The molecule has 0 bridgehead atoms. The second-order valence-corrected chi connectivity index (χ2v) is 5.33. The number of amides is 1. The van der Waals surface area contributed by atoms with Gasteiger partial charge in [-0.3, -0.25) is 4.79 Å². The second kappa shape index (κ2) is 6.52. The highest BCUT2D eigenvalue weighted by atomic mass is 16.6. The van der Waals surface area contributed by atoms with E-state index in [-0.39, 0.29) is 12.5 Å². The lowest BCUT2D eigenvalue weighted by molar-refractivity contribution is -0.130. The molecule has 0 saturated heterocycles. The van der Waals surface area contributed by atoms with Crippen LogP contribution in [0, 0.1) is 6.92 Å². The largest absolute Gasteiger partial charge is 0.485 e. The lowest BCUT2D eigenvalue weighted by Gasteiger charge is -2.25. The minimum Gasteiger partial charge on any atom is -0.485 e. The van der Waals surface area contributed by atoms with Crippen LogP contribution < -0.4 is 14.8 Å². The fraction of sp³-hybridized carbons (Fsp3) is 0.278. The number of nitrogens with one attached hydrogen (secondary N) is 1. The molecule has 1 aliphatic rings. The maximum atomic E-state index is 12.2. The third kappa shape index (κ3) is 3.22. The molecule has 2 aromatic carbocycles. The summed E-state index contributed by atoms with van der Waals surface area (Å²) in [4.78, 5) is 12.2. The number of carbonyl (C=O) groups excluding carboxylic acids is 1. The zero-order valence-electron chi connectivity index (χ0n) is 12.5. The normalized spacial score (nSPS) is 16.1. The minimum atomic E-state index is -0.591. The lowest BCUT2D eigenvalue weighted by Crippen LogP contribution is -2.44. The van der Waals surface area contributed by atoms with Crippen molar-refractivity contribution < 1.29 is 14.3 Å². The van der Waals surface area contributed by atoms with E-state index in [1.807, 2.05) is 36.4 Å². The quantitative estimate of drug-likeness (QED) is 0.943. The monoisotopic (exact) mass is 297 g/mol. The van der Waals surface area contributed by atoms with Gasteiger partial charge in [0.15, 0.2) is 11.5 Å². The van der Waals surface area contributed by atoms with Gasteiger partial charge < -0.3 is 14.8 Å². The molecular weight excluding hydrogens is 278 g/mol. The fourth-order valence-electron chi connectivity index (χ4n) is 2.47. The summed E-state index contributed by atoms with van der Waals surface area (Å²) in [6, 6.07) is 15.6. The summed E-state index contributed by atoms with van der Waals surface area (Å²) in [7, 11) is 0. The van der Waals surface area contributed by atoms with Gasteiger partial charge >= 0.3 is 0 Å². The van der Waals surface area contributed by atoms with Gasteiger partial charge in [-0.25, -0.2) is 0 Å². The molecule has 1 atom stereocenters. The first-order chi connectivity index (χ1) is 10.7. The van der Waals surface area contributed by atoms with Crippen LogP contribution in [0.3, 0.4) is 0 Å². The molecule has 0 aliphatic carbocycles. The van der Waals surface area contributed by atoms with E-state index in [9.17, 15) is 4.79 Å². The van der Waals surface area contributed by atoms with E-state index in [0.717, 1.165) is 6.42 Å². The van der Waals surface area contributed by atoms with Crippen LogP contribution in [0.25, 0.3) is 0 Å². The Bertz CT molecular complexity index is 669. The predicted molar refractivity (Wildman–Crippen MR) is 84.2 cm³/mol. The smallest absolute Gasteiger partial charge is 0.264 e. The van der Waals surface area contributed by atoms with Crippen LogP contribution in [0.2, 0.25) is 0 Å². The van der Waals surface area contributed by atoms with Crippen molar-refractivity contribution in [3.05, 3.63) is 59.7 Å². The maximum Gasteiger partial charge on any atom is 0.264 e. The fourth-order valence-corrected chi connectivity index (χ4v) is 2.47. The van der Waals surface area contributed by atoms with Crippen molar-refractivity contribution in [2.24, 2.45) is 0 Å². The predicted octanol–water partition coefficient (Wildman–Crippen LogP) is 2.49. The van der Waals surface area contributed by atoms with Gasteiger partial charge in [-0.15, -0.1) is 0 Å². The number of benzene rings is 2. The SMILES string of the molecule is Cc1ccccc1CCNC(=O)[C@@H]1COc2ccccc2O1. The molecule has 1 aliphatic heterocycles. The summed E-state index contributed by atoms with van der Waals surface area (Å²) in [5, 5.41) is 2.91. The van der Waals surface area contributed by atoms with Crippen molar-refractivity contribution in [2.45, 2.75) is 19.4 Å². The lowest BCUT2D eigenvalue weighted by atomic mass is 10.1. The van der Waals surface area contributed by atoms with Crippen molar-refractivity contribution in [3.8, 4) is 11.5 Å². The summed E-state index contributed by atoms with van der Waals surface area (Å²) in [5.74, 6) is 1.17. The van der Waals surface area contributed by atoms with Gasteiger partial charge in [-0.05, 0) is 36.6 Å². The van der Waals surface area contributed by atoms with E-state index in [2.05, 4.69) is 24.4 Å². The zero-order chi connectivity index (χ0) is 15.4. The van der Waals surface area contributed by atoms with Gasteiger partial charge in [-0.2, -0.15) is 0 Å². The summed E-state index contributed by atoms with van der Waals surface area (Å²) in [6.45, 7) is 2.91. The first-order valence-corrected chi connectivity index (χ1v) is 7.45. The average Bonchev–Trinajstić information content (AvgIpc) is 2.56. The van der Waals surface area contributed by atoms with Crippen LogP contribution in [0.15, 0.2) is 48.5 Å². The van der Waals surface area contributed by atoms with Crippen molar-refractivity contribution in [3.63, 3.8) is 0 Å². The number of fused-ring (bicyclic) bond motifs is 1. The molecule has 0 aromatic heterocycles.